The molecule has 1 unspecified atom stereocenters. The monoisotopic (exact) mass is 481 g/mol. The quantitative estimate of drug-likeness (QED) is 0.112. The first-order valence-corrected chi connectivity index (χ1v) is 13.2. The van der Waals surface area contributed by atoms with Crippen LogP contribution in [0.2, 0.25) is 0 Å². The molecule has 10 heteroatoms. The van der Waals surface area contributed by atoms with Crippen molar-refractivity contribution in [2.75, 3.05) is 47.5 Å². The van der Waals surface area contributed by atoms with Gasteiger partial charge in [-0.25, -0.2) is 0 Å². The SMILES string of the molecule is CCCCCCCCC(=O)OC[C@H](COP(=O)([O-])OCC[N+](C)(C)C)OC(=O)CCCC. The number of esters is 2. The largest absolute Gasteiger partial charge is 0.756 e. The van der Waals surface area contributed by atoms with E-state index in [9.17, 15) is 19.0 Å². The van der Waals surface area contributed by atoms with E-state index in [2.05, 4.69) is 6.92 Å². The molecule has 0 fully saturated rings. The van der Waals surface area contributed by atoms with Gasteiger partial charge in [0.05, 0.1) is 27.7 Å². The van der Waals surface area contributed by atoms with E-state index < -0.39 is 32.5 Å². The van der Waals surface area contributed by atoms with E-state index in [0.717, 1.165) is 32.1 Å². The maximum atomic E-state index is 12.0. The highest BCUT2D eigenvalue weighted by Gasteiger charge is 2.21. The van der Waals surface area contributed by atoms with Gasteiger partial charge in [0.2, 0.25) is 0 Å². The fourth-order valence-corrected chi connectivity index (χ4v) is 3.36. The highest BCUT2D eigenvalue weighted by Crippen LogP contribution is 2.38. The second-order valence-corrected chi connectivity index (χ2v) is 10.4. The number of hydrogen-bond donors (Lipinski definition) is 0. The fourth-order valence-electron chi connectivity index (χ4n) is 2.63. The molecule has 0 aliphatic rings. The van der Waals surface area contributed by atoms with Crippen molar-refractivity contribution in [1.29, 1.82) is 0 Å². The molecule has 0 N–H and O–H groups in total. The molecule has 0 spiro atoms. The summed E-state index contributed by atoms with van der Waals surface area (Å²) in [7, 11) is 1.16. The van der Waals surface area contributed by atoms with Crippen LogP contribution in [0.1, 0.15) is 78.1 Å². The van der Waals surface area contributed by atoms with E-state index in [1.807, 2.05) is 28.1 Å². The summed E-state index contributed by atoms with van der Waals surface area (Å²) in [6, 6.07) is 0. The summed E-state index contributed by atoms with van der Waals surface area (Å²) in [4.78, 5) is 35.9. The number of hydrogen-bond acceptors (Lipinski definition) is 8. The van der Waals surface area contributed by atoms with Crippen LogP contribution < -0.4 is 4.89 Å². The van der Waals surface area contributed by atoms with Crippen LogP contribution in [0, 0.1) is 0 Å². The van der Waals surface area contributed by atoms with Gasteiger partial charge >= 0.3 is 11.9 Å². The molecule has 0 bridgehead atoms. The first-order valence-electron chi connectivity index (χ1n) is 11.7. The van der Waals surface area contributed by atoms with E-state index in [1.54, 1.807) is 0 Å². The van der Waals surface area contributed by atoms with Crippen molar-refractivity contribution in [3.8, 4) is 0 Å². The molecule has 0 rings (SSSR count). The number of carbonyl (C=O) groups is 2. The molecule has 32 heavy (non-hydrogen) atoms. The Morgan fingerprint density at radius 3 is 2.06 bits per heavy atom. The van der Waals surface area contributed by atoms with Crippen molar-refractivity contribution in [3.63, 3.8) is 0 Å². The molecule has 0 amide bonds. The minimum Gasteiger partial charge on any atom is -0.756 e. The van der Waals surface area contributed by atoms with Gasteiger partial charge < -0.3 is 27.9 Å². The summed E-state index contributed by atoms with van der Waals surface area (Å²) in [5.41, 5.74) is 0. The van der Waals surface area contributed by atoms with E-state index in [-0.39, 0.29) is 26.1 Å². The lowest BCUT2D eigenvalue weighted by Gasteiger charge is -2.28. The van der Waals surface area contributed by atoms with Crippen LogP contribution in [0.5, 0.6) is 0 Å². The zero-order valence-corrected chi connectivity index (χ0v) is 21.5. The fraction of sp³-hybridized carbons (Fsp3) is 0.909. The molecule has 0 aromatic carbocycles. The van der Waals surface area contributed by atoms with Gasteiger partial charge in [-0.1, -0.05) is 52.4 Å². The Bertz CT molecular complexity index is 565. The van der Waals surface area contributed by atoms with Gasteiger partial charge in [0, 0.05) is 12.8 Å². The summed E-state index contributed by atoms with van der Waals surface area (Å²) < 4.78 is 32.7. The van der Waals surface area contributed by atoms with Crippen LogP contribution in [-0.4, -0.2) is 70.0 Å². The van der Waals surface area contributed by atoms with Gasteiger partial charge in [-0.15, -0.1) is 0 Å². The van der Waals surface area contributed by atoms with Crippen molar-refractivity contribution in [2.24, 2.45) is 0 Å². The van der Waals surface area contributed by atoms with E-state index >= 15 is 0 Å². The Balaban J connectivity index is 4.52. The van der Waals surface area contributed by atoms with Crippen molar-refractivity contribution in [2.45, 2.75) is 84.2 Å². The first kappa shape index (κ1) is 31.0. The summed E-state index contributed by atoms with van der Waals surface area (Å²) in [6.07, 6.45) is 7.22. The predicted molar refractivity (Wildman–Crippen MR) is 121 cm³/mol. The van der Waals surface area contributed by atoms with Crippen molar-refractivity contribution in [3.05, 3.63) is 0 Å². The topological polar surface area (TPSA) is 111 Å². The zero-order chi connectivity index (χ0) is 24.5. The molecule has 190 valence electrons. The van der Waals surface area contributed by atoms with Crippen LogP contribution in [0.25, 0.3) is 0 Å². The minimum absolute atomic E-state index is 0.0293. The van der Waals surface area contributed by atoms with Crippen LogP contribution in [0.4, 0.5) is 0 Å². The van der Waals surface area contributed by atoms with Gasteiger partial charge in [-0.05, 0) is 12.8 Å². The average molecular weight is 482 g/mol. The maximum Gasteiger partial charge on any atom is 0.306 e. The van der Waals surface area contributed by atoms with Gasteiger partial charge in [-0.3, -0.25) is 14.2 Å². The number of phosphoric ester groups is 1. The first-order chi connectivity index (χ1) is 15.0. The Kier molecular flexibility index (Phi) is 16.9. The van der Waals surface area contributed by atoms with Crippen LogP contribution in [0.15, 0.2) is 0 Å². The average Bonchev–Trinajstić information content (AvgIpc) is 2.69. The Hall–Kier alpha value is -0.990. The highest BCUT2D eigenvalue weighted by atomic mass is 31.2. The Morgan fingerprint density at radius 2 is 1.44 bits per heavy atom. The van der Waals surface area contributed by atoms with E-state index in [0.29, 0.717) is 17.4 Å². The number of rotatable bonds is 20. The van der Waals surface area contributed by atoms with E-state index in [4.69, 9.17) is 18.5 Å². The number of nitrogens with zero attached hydrogens (tertiary/aromatic N) is 1. The van der Waals surface area contributed by atoms with Gasteiger partial charge in [0.1, 0.15) is 19.8 Å². The van der Waals surface area contributed by atoms with Crippen LogP contribution in [-0.2, 0) is 32.7 Å². The summed E-state index contributed by atoms with van der Waals surface area (Å²) >= 11 is 0. The number of unbranched alkanes of at least 4 members (excludes halogenated alkanes) is 6. The summed E-state index contributed by atoms with van der Waals surface area (Å²) in [5.74, 6) is -0.890. The lowest BCUT2D eigenvalue weighted by Crippen LogP contribution is -2.37. The number of quaternary nitrogens is 1. The molecule has 0 aliphatic heterocycles. The third-order valence-electron chi connectivity index (χ3n) is 4.63. The van der Waals surface area contributed by atoms with Crippen LogP contribution >= 0.6 is 7.82 Å². The minimum atomic E-state index is -4.57. The molecular formula is C22H44NO8P. The third-order valence-corrected chi connectivity index (χ3v) is 5.59. The lowest BCUT2D eigenvalue weighted by molar-refractivity contribution is -0.870. The third kappa shape index (κ3) is 19.7. The standard InChI is InChI=1S/C22H44NO8P/c1-6-8-10-11-12-13-15-21(24)28-18-20(31-22(25)14-9-7-2)19-30-32(26,27)29-17-16-23(3,4)5/h20H,6-19H2,1-5H3/t20-/m1/s1. The second kappa shape index (κ2) is 17.5. The smallest absolute Gasteiger partial charge is 0.306 e. The van der Waals surface area contributed by atoms with Gasteiger partial charge in [0.15, 0.2) is 6.10 Å². The highest BCUT2D eigenvalue weighted by molar-refractivity contribution is 7.45. The van der Waals surface area contributed by atoms with Gasteiger partial charge in [0.25, 0.3) is 7.82 Å². The molecule has 0 aromatic heterocycles. The molecule has 0 aliphatic carbocycles. The summed E-state index contributed by atoms with van der Waals surface area (Å²) in [6.45, 7) is 3.81. The van der Waals surface area contributed by atoms with Crippen LogP contribution in [0.3, 0.4) is 0 Å². The molecule has 0 saturated heterocycles. The molecule has 9 nitrogen and oxygen atoms in total. The van der Waals surface area contributed by atoms with Crippen molar-refractivity contribution in [1.82, 2.24) is 0 Å². The van der Waals surface area contributed by atoms with Crippen molar-refractivity contribution < 1.29 is 42.1 Å². The van der Waals surface area contributed by atoms with Gasteiger partial charge in [-0.2, -0.15) is 0 Å². The van der Waals surface area contributed by atoms with E-state index in [1.165, 1.54) is 12.8 Å². The number of carbonyl (C=O) groups excluding carboxylic acids is 2. The lowest BCUT2D eigenvalue weighted by atomic mass is 10.1. The second-order valence-electron chi connectivity index (χ2n) is 9.01. The molecular weight excluding hydrogens is 437 g/mol. The number of ether oxygens (including phenoxy) is 2. The zero-order valence-electron chi connectivity index (χ0n) is 20.6. The molecule has 0 aromatic rings. The molecule has 2 atom stereocenters. The predicted octanol–water partition coefficient (Wildman–Crippen LogP) is 3.59. The number of phosphoric acid groups is 1. The number of likely N-dealkylation sites (N-methyl/N-ethyl adjacent to an activating group) is 1. The molecule has 0 radical (unpaired) electrons. The maximum absolute atomic E-state index is 12.0. The molecule has 0 saturated carbocycles. The summed E-state index contributed by atoms with van der Waals surface area (Å²) in [5, 5.41) is 0. The van der Waals surface area contributed by atoms with Crippen molar-refractivity contribution >= 4 is 19.8 Å². The normalized spacial score (nSPS) is 14.6. The Morgan fingerprint density at radius 1 is 0.844 bits per heavy atom. The molecule has 0 heterocycles. The Labute approximate surface area is 193 Å².